The van der Waals surface area contributed by atoms with Gasteiger partial charge in [-0.15, -0.1) is 0 Å². The molecule has 0 aromatic heterocycles. The van der Waals surface area contributed by atoms with Crippen molar-refractivity contribution in [3.63, 3.8) is 0 Å². The Balaban J connectivity index is 2.61. The number of benzene rings is 1. The first kappa shape index (κ1) is 12.0. The highest BCUT2D eigenvalue weighted by molar-refractivity contribution is 5.39. The molecule has 0 fully saturated rings. The molecule has 0 aliphatic rings. The van der Waals surface area contributed by atoms with E-state index in [1.165, 1.54) is 0 Å². The lowest BCUT2D eigenvalue weighted by Gasteiger charge is -2.15. The van der Waals surface area contributed by atoms with E-state index in [1.54, 1.807) is 0 Å². The number of phenolic OH excluding ortho intramolecular Hbond substituents is 1. The molecule has 1 aromatic rings. The highest BCUT2D eigenvalue weighted by Gasteiger charge is 2.06. The summed E-state index contributed by atoms with van der Waals surface area (Å²) >= 11 is 0. The van der Waals surface area contributed by atoms with Crippen LogP contribution in [0.3, 0.4) is 0 Å². The first-order valence-corrected chi connectivity index (χ1v) is 5.30. The van der Waals surface area contributed by atoms with Crippen molar-refractivity contribution in [2.75, 3.05) is 6.61 Å². The van der Waals surface area contributed by atoms with Crippen molar-refractivity contribution < 1.29 is 10.2 Å². The second-order valence-corrected chi connectivity index (χ2v) is 3.75. The van der Waals surface area contributed by atoms with Crippen LogP contribution in [0, 0.1) is 6.92 Å². The highest BCUT2D eigenvalue weighted by atomic mass is 16.3. The summed E-state index contributed by atoms with van der Waals surface area (Å²) in [4.78, 5) is 0. The highest BCUT2D eigenvalue weighted by Crippen LogP contribution is 2.21. The molecule has 1 atom stereocenters. The van der Waals surface area contributed by atoms with Crippen molar-refractivity contribution in [3.05, 3.63) is 29.3 Å². The fourth-order valence-electron chi connectivity index (χ4n) is 1.45. The van der Waals surface area contributed by atoms with Crippen LogP contribution in [0.5, 0.6) is 5.75 Å². The van der Waals surface area contributed by atoms with Gasteiger partial charge in [0.15, 0.2) is 0 Å². The molecule has 0 radical (unpaired) electrons. The minimum atomic E-state index is 0.102. The molecule has 0 amide bonds. The van der Waals surface area contributed by atoms with Crippen LogP contribution in [0.2, 0.25) is 0 Å². The second-order valence-electron chi connectivity index (χ2n) is 3.75. The van der Waals surface area contributed by atoms with Crippen molar-refractivity contribution >= 4 is 0 Å². The van der Waals surface area contributed by atoms with Gasteiger partial charge in [-0.2, -0.15) is 0 Å². The first-order chi connectivity index (χ1) is 7.19. The Hall–Kier alpha value is -1.06. The van der Waals surface area contributed by atoms with Crippen molar-refractivity contribution in [1.29, 1.82) is 0 Å². The molecule has 0 aliphatic heterocycles. The number of aliphatic hydroxyl groups is 1. The number of nitrogens with one attached hydrogen (secondary N) is 1. The van der Waals surface area contributed by atoms with Gasteiger partial charge in [-0.1, -0.05) is 25.1 Å². The molecule has 3 heteroatoms. The number of aliphatic hydroxyl groups excluding tert-OH is 1. The van der Waals surface area contributed by atoms with Gasteiger partial charge in [0.2, 0.25) is 0 Å². The van der Waals surface area contributed by atoms with Gasteiger partial charge in [-0.25, -0.2) is 0 Å². The van der Waals surface area contributed by atoms with Gasteiger partial charge in [0.25, 0.3) is 0 Å². The van der Waals surface area contributed by atoms with Gasteiger partial charge in [0.05, 0.1) is 6.61 Å². The number of hydrogen-bond donors (Lipinski definition) is 3. The third-order valence-electron chi connectivity index (χ3n) is 2.62. The Bertz CT molecular complexity index is 308. The molecular weight excluding hydrogens is 190 g/mol. The van der Waals surface area contributed by atoms with Gasteiger partial charge in [-0.3, -0.25) is 0 Å². The summed E-state index contributed by atoms with van der Waals surface area (Å²) in [6, 6.07) is 5.79. The zero-order valence-corrected chi connectivity index (χ0v) is 9.33. The van der Waals surface area contributed by atoms with Crippen LogP contribution in [0.1, 0.15) is 24.5 Å². The van der Waals surface area contributed by atoms with E-state index < -0.39 is 0 Å². The van der Waals surface area contributed by atoms with Crippen LogP contribution >= 0.6 is 0 Å². The fraction of sp³-hybridized carbons (Fsp3) is 0.500. The molecule has 0 spiro atoms. The molecular formula is C12H19NO2. The predicted octanol–water partition coefficient (Wildman–Crippen LogP) is 1.56. The summed E-state index contributed by atoms with van der Waals surface area (Å²) in [5.74, 6) is 0.345. The van der Waals surface area contributed by atoms with Gasteiger partial charge >= 0.3 is 0 Å². The lowest BCUT2D eigenvalue weighted by molar-refractivity contribution is 0.238. The molecule has 0 saturated carbocycles. The van der Waals surface area contributed by atoms with Crippen molar-refractivity contribution in [1.82, 2.24) is 5.32 Å². The van der Waals surface area contributed by atoms with Crippen LogP contribution in [0.25, 0.3) is 0 Å². The maximum absolute atomic E-state index is 9.75. The summed E-state index contributed by atoms with van der Waals surface area (Å²) < 4.78 is 0. The molecule has 0 saturated heterocycles. The summed E-state index contributed by atoms with van der Waals surface area (Å²) in [5, 5.41) is 21.9. The Morgan fingerprint density at radius 2 is 2.13 bits per heavy atom. The molecule has 3 N–H and O–H groups in total. The molecule has 84 valence electrons. The minimum Gasteiger partial charge on any atom is -0.507 e. The van der Waals surface area contributed by atoms with E-state index in [9.17, 15) is 5.11 Å². The standard InChI is InChI=1S/C12H19NO2/c1-3-11(8-14)13-7-10-6-4-5-9(2)12(10)15/h4-6,11,13-15H,3,7-8H2,1-2H3/t11-/m1/s1. The number of hydrogen-bond acceptors (Lipinski definition) is 3. The largest absolute Gasteiger partial charge is 0.507 e. The SMILES string of the molecule is CC[C@H](CO)NCc1cccc(C)c1O. The summed E-state index contributed by atoms with van der Waals surface area (Å²) in [5.41, 5.74) is 1.76. The van der Waals surface area contributed by atoms with E-state index in [4.69, 9.17) is 5.11 Å². The summed E-state index contributed by atoms with van der Waals surface area (Å²) in [6.45, 7) is 4.61. The monoisotopic (exact) mass is 209 g/mol. The molecule has 15 heavy (non-hydrogen) atoms. The first-order valence-electron chi connectivity index (χ1n) is 5.30. The van der Waals surface area contributed by atoms with Crippen LogP contribution in [0.15, 0.2) is 18.2 Å². The fourth-order valence-corrected chi connectivity index (χ4v) is 1.45. The third kappa shape index (κ3) is 3.22. The third-order valence-corrected chi connectivity index (χ3v) is 2.62. The van der Waals surface area contributed by atoms with Gasteiger partial charge < -0.3 is 15.5 Å². The Morgan fingerprint density at radius 1 is 1.40 bits per heavy atom. The van der Waals surface area contributed by atoms with E-state index in [1.807, 2.05) is 32.0 Å². The molecule has 0 bridgehead atoms. The van der Waals surface area contributed by atoms with Crippen LogP contribution in [-0.2, 0) is 6.54 Å². The number of aromatic hydroxyl groups is 1. The molecule has 1 rings (SSSR count). The van der Waals surface area contributed by atoms with Crippen LogP contribution in [0.4, 0.5) is 0 Å². The predicted molar refractivity (Wildman–Crippen MR) is 60.8 cm³/mol. The maximum Gasteiger partial charge on any atom is 0.122 e. The Kier molecular flexibility index (Phi) is 4.59. The summed E-state index contributed by atoms with van der Waals surface area (Å²) in [7, 11) is 0. The smallest absolute Gasteiger partial charge is 0.122 e. The van der Waals surface area contributed by atoms with Gasteiger partial charge in [0, 0.05) is 18.2 Å². The zero-order chi connectivity index (χ0) is 11.3. The maximum atomic E-state index is 9.75. The lowest BCUT2D eigenvalue weighted by atomic mass is 10.1. The second kappa shape index (κ2) is 5.73. The van der Waals surface area contributed by atoms with E-state index in [0.717, 1.165) is 17.5 Å². The van der Waals surface area contributed by atoms with E-state index in [2.05, 4.69) is 5.32 Å². The number of aryl methyl sites for hydroxylation is 1. The topological polar surface area (TPSA) is 52.5 Å². The minimum absolute atomic E-state index is 0.102. The van der Waals surface area contributed by atoms with E-state index in [0.29, 0.717) is 12.3 Å². The molecule has 0 aliphatic carbocycles. The zero-order valence-electron chi connectivity index (χ0n) is 9.33. The van der Waals surface area contributed by atoms with Gasteiger partial charge in [0.1, 0.15) is 5.75 Å². The van der Waals surface area contributed by atoms with Gasteiger partial charge in [-0.05, 0) is 18.9 Å². The molecule has 0 heterocycles. The molecule has 3 nitrogen and oxygen atoms in total. The average Bonchev–Trinajstić information content (AvgIpc) is 2.25. The number of para-hydroxylation sites is 1. The lowest BCUT2D eigenvalue weighted by Crippen LogP contribution is -2.31. The van der Waals surface area contributed by atoms with Crippen LogP contribution in [-0.4, -0.2) is 22.9 Å². The quantitative estimate of drug-likeness (QED) is 0.690. The van der Waals surface area contributed by atoms with Crippen molar-refractivity contribution in [3.8, 4) is 5.75 Å². The van der Waals surface area contributed by atoms with Crippen molar-refractivity contribution in [2.45, 2.75) is 32.9 Å². The molecule has 0 unspecified atom stereocenters. The number of phenols is 1. The molecule has 1 aromatic carbocycles. The van der Waals surface area contributed by atoms with E-state index in [-0.39, 0.29) is 12.6 Å². The Labute approximate surface area is 90.8 Å². The summed E-state index contributed by atoms with van der Waals surface area (Å²) in [6.07, 6.45) is 0.878. The van der Waals surface area contributed by atoms with Crippen molar-refractivity contribution in [2.24, 2.45) is 0 Å². The normalized spacial score (nSPS) is 12.7. The average molecular weight is 209 g/mol. The van der Waals surface area contributed by atoms with E-state index >= 15 is 0 Å². The Morgan fingerprint density at radius 3 is 2.73 bits per heavy atom. The van der Waals surface area contributed by atoms with Crippen LogP contribution < -0.4 is 5.32 Å². The number of rotatable bonds is 5.